The van der Waals surface area contributed by atoms with Crippen LogP contribution in [0.15, 0.2) is 34.7 Å². The molecule has 0 aliphatic heterocycles. The molecule has 9 nitrogen and oxygen atoms in total. The fourth-order valence-corrected chi connectivity index (χ4v) is 5.71. The number of carbonyl (C=O) groups is 1. The SMILES string of the molecule is CNC(=O)c1c(-c2ccc(F)cc2)oc2nc(NS(=O)(=O)CCCCS(C)(=O)=O)c(C3CC3)cc12. The zero-order valence-electron chi connectivity index (χ0n) is 19.3. The number of sulfone groups is 1. The summed E-state index contributed by atoms with van der Waals surface area (Å²) in [5.41, 5.74) is 1.44. The van der Waals surface area contributed by atoms with E-state index >= 15 is 0 Å². The van der Waals surface area contributed by atoms with E-state index in [4.69, 9.17) is 4.42 Å². The summed E-state index contributed by atoms with van der Waals surface area (Å²) in [6.07, 6.45) is 3.23. The quantitative estimate of drug-likeness (QED) is 0.389. The van der Waals surface area contributed by atoms with Gasteiger partial charge in [-0.15, -0.1) is 0 Å². The molecule has 0 radical (unpaired) electrons. The van der Waals surface area contributed by atoms with E-state index < -0.39 is 31.6 Å². The number of anilines is 1. The number of nitrogens with zero attached hydrogens (tertiary/aromatic N) is 1. The van der Waals surface area contributed by atoms with Crippen LogP contribution in [0, 0.1) is 5.82 Å². The van der Waals surface area contributed by atoms with E-state index in [1.165, 1.54) is 31.3 Å². The van der Waals surface area contributed by atoms with E-state index in [9.17, 15) is 26.0 Å². The molecule has 3 aromatic rings. The minimum absolute atomic E-state index is 0.0714. The van der Waals surface area contributed by atoms with Gasteiger partial charge >= 0.3 is 0 Å². The summed E-state index contributed by atoms with van der Waals surface area (Å²) in [5.74, 6) is -0.758. The zero-order valence-corrected chi connectivity index (χ0v) is 20.9. The Hall–Kier alpha value is -2.99. The molecule has 1 aliphatic carbocycles. The maximum absolute atomic E-state index is 13.4. The molecule has 0 unspecified atom stereocenters. The Bertz CT molecular complexity index is 1480. The first-order chi connectivity index (χ1) is 16.5. The lowest BCUT2D eigenvalue weighted by Crippen LogP contribution is -2.20. The Labute approximate surface area is 203 Å². The number of benzene rings is 1. The maximum Gasteiger partial charge on any atom is 0.255 e. The fourth-order valence-electron chi connectivity index (χ4n) is 3.84. The van der Waals surface area contributed by atoms with Crippen molar-refractivity contribution in [2.75, 3.05) is 29.5 Å². The predicted molar refractivity (Wildman–Crippen MR) is 131 cm³/mol. The molecular formula is C23H26FN3O6S2. The van der Waals surface area contributed by atoms with Gasteiger partial charge in [0.1, 0.15) is 27.2 Å². The number of hydrogen-bond donors (Lipinski definition) is 2. The second kappa shape index (κ2) is 9.57. The van der Waals surface area contributed by atoms with Crippen LogP contribution < -0.4 is 10.0 Å². The summed E-state index contributed by atoms with van der Waals surface area (Å²) in [6, 6.07) is 7.20. The number of hydrogen-bond acceptors (Lipinski definition) is 7. The number of furan rings is 1. The second-order valence-electron chi connectivity index (χ2n) is 8.70. The number of amides is 1. The Balaban J connectivity index is 1.72. The van der Waals surface area contributed by atoms with Gasteiger partial charge in [0, 0.05) is 24.6 Å². The monoisotopic (exact) mass is 523 g/mol. The topological polar surface area (TPSA) is 135 Å². The number of unbranched alkanes of at least 4 members (excludes halogenated alkanes) is 1. The molecule has 1 aliphatic rings. The highest BCUT2D eigenvalue weighted by molar-refractivity contribution is 7.92. The zero-order chi connectivity index (χ0) is 25.4. The van der Waals surface area contributed by atoms with Crippen molar-refractivity contribution in [2.24, 2.45) is 0 Å². The molecule has 0 saturated heterocycles. The molecule has 2 aromatic heterocycles. The highest BCUT2D eigenvalue weighted by Crippen LogP contribution is 2.45. The van der Waals surface area contributed by atoms with Gasteiger partial charge in [-0.25, -0.2) is 21.2 Å². The van der Waals surface area contributed by atoms with Crippen LogP contribution >= 0.6 is 0 Å². The minimum Gasteiger partial charge on any atom is -0.437 e. The molecule has 0 atom stereocenters. The molecule has 4 rings (SSSR count). The van der Waals surface area contributed by atoms with Gasteiger partial charge in [-0.1, -0.05) is 0 Å². The third-order valence-corrected chi connectivity index (χ3v) is 8.08. The number of nitrogens with one attached hydrogen (secondary N) is 2. The van der Waals surface area contributed by atoms with Crippen LogP contribution in [0.25, 0.3) is 22.4 Å². The smallest absolute Gasteiger partial charge is 0.255 e. The van der Waals surface area contributed by atoms with E-state index in [-0.39, 0.29) is 53.1 Å². The fraction of sp³-hybridized carbons (Fsp3) is 0.391. The summed E-state index contributed by atoms with van der Waals surface area (Å²) in [4.78, 5) is 17.2. The lowest BCUT2D eigenvalue weighted by molar-refractivity contribution is 0.0964. The van der Waals surface area contributed by atoms with E-state index in [0.29, 0.717) is 16.5 Å². The van der Waals surface area contributed by atoms with Crippen molar-refractivity contribution in [3.63, 3.8) is 0 Å². The molecule has 188 valence electrons. The number of aromatic nitrogens is 1. The normalized spacial score (nSPS) is 14.3. The Morgan fingerprint density at radius 1 is 1.11 bits per heavy atom. The molecular weight excluding hydrogens is 497 g/mol. The van der Waals surface area contributed by atoms with Gasteiger partial charge in [-0.2, -0.15) is 4.98 Å². The van der Waals surface area contributed by atoms with Crippen molar-refractivity contribution in [1.29, 1.82) is 0 Å². The Morgan fingerprint density at radius 2 is 1.77 bits per heavy atom. The van der Waals surface area contributed by atoms with E-state index in [2.05, 4.69) is 15.0 Å². The summed E-state index contributed by atoms with van der Waals surface area (Å²) in [7, 11) is -5.48. The molecule has 1 fully saturated rings. The number of pyridine rings is 1. The minimum atomic E-state index is -3.80. The van der Waals surface area contributed by atoms with Crippen molar-refractivity contribution < 1.29 is 30.4 Å². The molecule has 0 bridgehead atoms. The molecule has 1 amide bonds. The van der Waals surface area contributed by atoms with Crippen LogP contribution in [-0.4, -0.2) is 52.5 Å². The van der Waals surface area contributed by atoms with Crippen molar-refractivity contribution in [2.45, 2.75) is 31.6 Å². The average molecular weight is 524 g/mol. The van der Waals surface area contributed by atoms with Crippen molar-refractivity contribution in [1.82, 2.24) is 10.3 Å². The summed E-state index contributed by atoms with van der Waals surface area (Å²) in [6.45, 7) is 0. The predicted octanol–water partition coefficient (Wildman–Crippen LogP) is 3.44. The third kappa shape index (κ3) is 5.99. The van der Waals surface area contributed by atoms with Crippen LogP contribution in [-0.2, 0) is 19.9 Å². The van der Waals surface area contributed by atoms with Gasteiger partial charge in [0.2, 0.25) is 15.7 Å². The van der Waals surface area contributed by atoms with Gasteiger partial charge < -0.3 is 9.73 Å². The molecule has 1 aromatic carbocycles. The first-order valence-corrected chi connectivity index (χ1v) is 14.8. The third-order valence-electron chi connectivity index (χ3n) is 5.72. The van der Waals surface area contributed by atoms with Crippen LogP contribution in [0.5, 0.6) is 0 Å². The largest absolute Gasteiger partial charge is 0.437 e. The van der Waals surface area contributed by atoms with Gasteiger partial charge in [-0.05, 0) is 67.5 Å². The number of rotatable bonds is 10. The van der Waals surface area contributed by atoms with Crippen molar-refractivity contribution in [3.05, 3.63) is 47.3 Å². The van der Waals surface area contributed by atoms with Gasteiger partial charge in [-0.3, -0.25) is 9.52 Å². The van der Waals surface area contributed by atoms with Gasteiger partial charge in [0.25, 0.3) is 5.91 Å². The molecule has 1 saturated carbocycles. The highest BCUT2D eigenvalue weighted by atomic mass is 32.2. The number of carbonyl (C=O) groups excluding carboxylic acids is 1. The van der Waals surface area contributed by atoms with Crippen LogP contribution in [0.2, 0.25) is 0 Å². The highest BCUT2D eigenvalue weighted by Gasteiger charge is 2.31. The summed E-state index contributed by atoms with van der Waals surface area (Å²) < 4.78 is 69.8. The van der Waals surface area contributed by atoms with Crippen molar-refractivity contribution >= 4 is 42.7 Å². The summed E-state index contributed by atoms with van der Waals surface area (Å²) >= 11 is 0. The Morgan fingerprint density at radius 3 is 2.37 bits per heavy atom. The standard InChI is InChI=1S/C23H26FN3O6S2/c1-25-22(28)19-18-13-17(14-5-6-14)21(27-35(31,32)12-4-3-11-34(2,29)30)26-23(18)33-20(19)15-7-9-16(24)10-8-15/h7-10,13-14H,3-6,11-12H2,1-2H3,(H,25,28)(H,26,27). The van der Waals surface area contributed by atoms with E-state index in [0.717, 1.165) is 19.1 Å². The lowest BCUT2D eigenvalue weighted by atomic mass is 10.0. The van der Waals surface area contributed by atoms with Crippen LogP contribution in [0.4, 0.5) is 10.2 Å². The number of fused-ring (bicyclic) bond motifs is 1. The van der Waals surface area contributed by atoms with E-state index in [1.807, 2.05) is 0 Å². The maximum atomic E-state index is 13.4. The van der Waals surface area contributed by atoms with Crippen LogP contribution in [0.3, 0.4) is 0 Å². The van der Waals surface area contributed by atoms with Crippen LogP contribution in [0.1, 0.15) is 47.5 Å². The average Bonchev–Trinajstić information content (AvgIpc) is 3.56. The molecule has 12 heteroatoms. The number of halogens is 1. The van der Waals surface area contributed by atoms with Crippen molar-refractivity contribution in [3.8, 4) is 11.3 Å². The van der Waals surface area contributed by atoms with Gasteiger partial charge in [0.05, 0.1) is 16.7 Å². The molecule has 2 heterocycles. The number of sulfonamides is 1. The summed E-state index contributed by atoms with van der Waals surface area (Å²) in [5, 5.41) is 3.01. The molecule has 35 heavy (non-hydrogen) atoms. The molecule has 2 N–H and O–H groups in total. The van der Waals surface area contributed by atoms with E-state index in [1.54, 1.807) is 6.07 Å². The van der Waals surface area contributed by atoms with Gasteiger partial charge in [0.15, 0.2) is 0 Å². The second-order valence-corrected chi connectivity index (χ2v) is 12.8. The first-order valence-electron chi connectivity index (χ1n) is 11.1. The Kier molecular flexibility index (Phi) is 6.87. The molecule has 0 spiro atoms. The first kappa shape index (κ1) is 25.1. The lowest BCUT2D eigenvalue weighted by Gasteiger charge is -2.11.